The maximum Gasteiger partial charge on any atom is 0.401 e. The molecule has 0 bridgehead atoms. The molecule has 0 aromatic rings. The van der Waals surface area contributed by atoms with Gasteiger partial charge >= 0.3 is 6.18 Å². The predicted octanol–water partition coefficient (Wildman–Crippen LogP) is 0.967. The molecule has 0 saturated heterocycles. The molecule has 0 fully saturated rings. The SMILES string of the molecule is CC(N)C(CO)N(CC(F)(F)F)C(C)C. The van der Waals surface area contributed by atoms with Crippen LogP contribution >= 0.6 is 0 Å². The van der Waals surface area contributed by atoms with E-state index in [1.165, 1.54) is 4.90 Å². The molecule has 0 radical (unpaired) electrons. The summed E-state index contributed by atoms with van der Waals surface area (Å²) in [4.78, 5) is 1.17. The van der Waals surface area contributed by atoms with Gasteiger partial charge in [0.2, 0.25) is 0 Å². The largest absolute Gasteiger partial charge is 0.401 e. The Morgan fingerprint density at radius 3 is 1.93 bits per heavy atom. The predicted molar refractivity (Wildman–Crippen MR) is 52.4 cm³/mol. The first kappa shape index (κ1) is 14.7. The number of aliphatic hydroxyl groups is 1. The molecule has 0 aromatic carbocycles. The van der Waals surface area contributed by atoms with Crippen LogP contribution in [0, 0.1) is 0 Å². The summed E-state index contributed by atoms with van der Waals surface area (Å²) in [6.45, 7) is 3.48. The van der Waals surface area contributed by atoms with E-state index in [0.29, 0.717) is 0 Å². The van der Waals surface area contributed by atoms with Gasteiger partial charge in [-0.3, -0.25) is 4.90 Å². The summed E-state index contributed by atoms with van der Waals surface area (Å²) in [6.07, 6.45) is -4.27. The van der Waals surface area contributed by atoms with Crippen molar-refractivity contribution in [2.45, 2.75) is 45.1 Å². The van der Waals surface area contributed by atoms with Gasteiger partial charge in [0, 0.05) is 18.1 Å². The standard InChI is InChI=1S/C9H19F3N2O/c1-6(2)14(5-9(10,11)12)8(4-15)7(3)13/h6-8,15H,4-5,13H2,1-3H3. The lowest BCUT2D eigenvalue weighted by Crippen LogP contribution is -2.54. The van der Waals surface area contributed by atoms with Gasteiger partial charge in [-0.05, 0) is 20.8 Å². The number of rotatable bonds is 5. The highest BCUT2D eigenvalue weighted by molar-refractivity contribution is 4.82. The molecule has 92 valence electrons. The van der Waals surface area contributed by atoms with Gasteiger partial charge in [-0.1, -0.05) is 0 Å². The zero-order valence-corrected chi connectivity index (χ0v) is 9.25. The van der Waals surface area contributed by atoms with Gasteiger partial charge in [-0.15, -0.1) is 0 Å². The molecule has 2 unspecified atom stereocenters. The highest BCUT2D eigenvalue weighted by Gasteiger charge is 2.35. The van der Waals surface area contributed by atoms with Crippen molar-refractivity contribution >= 4 is 0 Å². The topological polar surface area (TPSA) is 49.5 Å². The minimum atomic E-state index is -4.27. The van der Waals surface area contributed by atoms with Crippen LogP contribution in [0.3, 0.4) is 0 Å². The molecule has 2 atom stereocenters. The number of halogens is 3. The molecular weight excluding hydrogens is 209 g/mol. The molecule has 0 amide bonds. The van der Waals surface area contributed by atoms with Crippen LogP contribution in [0.25, 0.3) is 0 Å². The lowest BCUT2D eigenvalue weighted by Gasteiger charge is -2.36. The quantitative estimate of drug-likeness (QED) is 0.737. The van der Waals surface area contributed by atoms with Crippen LogP contribution in [0.1, 0.15) is 20.8 Å². The summed E-state index contributed by atoms with van der Waals surface area (Å²) >= 11 is 0. The van der Waals surface area contributed by atoms with E-state index in [4.69, 9.17) is 10.8 Å². The Morgan fingerprint density at radius 1 is 1.27 bits per heavy atom. The molecule has 0 aliphatic heterocycles. The first-order chi connectivity index (χ1) is 6.69. The number of alkyl halides is 3. The van der Waals surface area contributed by atoms with Crippen molar-refractivity contribution in [3.8, 4) is 0 Å². The van der Waals surface area contributed by atoms with Gasteiger partial charge in [0.15, 0.2) is 0 Å². The Kier molecular flexibility index (Phi) is 5.55. The molecule has 0 saturated carbocycles. The van der Waals surface area contributed by atoms with Gasteiger partial charge in [-0.25, -0.2) is 0 Å². The van der Waals surface area contributed by atoms with Gasteiger partial charge in [0.1, 0.15) is 0 Å². The van der Waals surface area contributed by atoms with Crippen molar-refractivity contribution in [3.63, 3.8) is 0 Å². The Hall–Kier alpha value is -0.330. The third-order valence-electron chi connectivity index (χ3n) is 2.25. The fourth-order valence-corrected chi connectivity index (χ4v) is 1.46. The third kappa shape index (κ3) is 5.34. The molecule has 0 heterocycles. The summed E-state index contributed by atoms with van der Waals surface area (Å²) in [5.41, 5.74) is 5.54. The normalized spacial score (nSPS) is 17.2. The Labute approximate surface area is 88.0 Å². The number of hydrogen-bond acceptors (Lipinski definition) is 3. The molecule has 6 heteroatoms. The number of nitrogens with zero attached hydrogens (tertiary/aromatic N) is 1. The van der Waals surface area contributed by atoms with Crippen LogP contribution in [-0.2, 0) is 0 Å². The Morgan fingerprint density at radius 2 is 1.73 bits per heavy atom. The third-order valence-corrected chi connectivity index (χ3v) is 2.25. The van der Waals surface area contributed by atoms with Crippen LogP contribution in [0.15, 0.2) is 0 Å². The second-order valence-corrected chi connectivity index (χ2v) is 3.99. The number of nitrogens with two attached hydrogens (primary N) is 1. The van der Waals surface area contributed by atoms with Crippen molar-refractivity contribution in [1.29, 1.82) is 0 Å². The molecule has 3 N–H and O–H groups in total. The van der Waals surface area contributed by atoms with Gasteiger partial charge < -0.3 is 10.8 Å². The van der Waals surface area contributed by atoms with Crippen molar-refractivity contribution in [2.75, 3.05) is 13.2 Å². The first-order valence-corrected chi connectivity index (χ1v) is 4.88. The Bertz CT molecular complexity index is 183. The van der Waals surface area contributed by atoms with Gasteiger partial charge in [0.25, 0.3) is 0 Å². The van der Waals surface area contributed by atoms with Crippen LogP contribution < -0.4 is 5.73 Å². The summed E-state index contributed by atoms with van der Waals surface area (Å²) in [6, 6.07) is -1.47. The van der Waals surface area contributed by atoms with E-state index in [-0.39, 0.29) is 12.6 Å². The van der Waals surface area contributed by atoms with E-state index in [0.717, 1.165) is 0 Å². The average molecular weight is 228 g/mol. The summed E-state index contributed by atoms with van der Waals surface area (Å²) in [5.74, 6) is 0. The Balaban J connectivity index is 4.64. The summed E-state index contributed by atoms with van der Waals surface area (Å²) in [5, 5.41) is 9.02. The van der Waals surface area contributed by atoms with E-state index < -0.39 is 24.8 Å². The molecule has 0 aromatic heterocycles. The highest BCUT2D eigenvalue weighted by atomic mass is 19.4. The van der Waals surface area contributed by atoms with E-state index in [9.17, 15) is 13.2 Å². The van der Waals surface area contributed by atoms with Crippen LogP contribution in [0.5, 0.6) is 0 Å². The van der Waals surface area contributed by atoms with Crippen molar-refractivity contribution in [3.05, 3.63) is 0 Å². The van der Waals surface area contributed by atoms with Gasteiger partial charge in [-0.2, -0.15) is 13.2 Å². The second-order valence-electron chi connectivity index (χ2n) is 3.99. The zero-order valence-electron chi connectivity index (χ0n) is 9.25. The molecule has 0 aliphatic rings. The second kappa shape index (κ2) is 5.67. The monoisotopic (exact) mass is 228 g/mol. The molecule has 0 spiro atoms. The summed E-state index contributed by atoms with van der Waals surface area (Å²) in [7, 11) is 0. The fraction of sp³-hybridized carbons (Fsp3) is 1.00. The lowest BCUT2D eigenvalue weighted by atomic mass is 10.1. The molecular formula is C9H19F3N2O. The first-order valence-electron chi connectivity index (χ1n) is 4.88. The van der Waals surface area contributed by atoms with Gasteiger partial charge in [0.05, 0.1) is 13.2 Å². The van der Waals surface area contributed by atoms with Crippen LogP contribution in [-0.4, -0.2) is 47.5 Å². The maximum atomic E-state index is 12.3. The molecule has 0 aliphatic carbocycles. The van der Waals surface area contributed by atoms with E-state index in [2.05, 4.69) is 0 Å². The van der Waals surface area contributed by atoms with E-state index in [1.54, 1.807) is 20.8 Å². The smallest absolute Gasteiger partial charge is 0.395 e. The molecule has 3 nitrogen and oxygen atoms in total. The molecule has 0 rings (SSSR count). The van der Waals surface area contributed by atoms with E-state index in [1.807, 2.05) is 0 Å². The molecule has 15 heavy (non-hydrogen) atoms. The summed E-state index contributed by atoms with van der Waals surface area (Å²) < 4.78 is 36.8. The zero-order chi connectivity index (χ0) is 12.2. The van der Waals surface area contributed by atoms with Crippen LogP contribution in [0.2, 0.25) is 0 Å². The maximum absolute atomic E-state index is 12.3. The number of aliphatic hydroxyl groups excluding tert-OH is 1. The van der Waals surface area contributed by atoms with Crippen molar-refractivity contribution in [1.82, 2.24) is 4.90 Å². The fourth-order valence-electron chi connectivity index (χ4n) is 1.46. The van der Waals surface area contributed by atoms with Crippen molar-refractivity contribution in [2.24, 2.45) is 5.73 Å². The van der Waals surface area contributed by atoms with Crippen molar-refractivity contribution < 1.29 is 18.3 Å². The number of hydrogen-bond donors (Lipinski definition) is 2. The highest BCUT2D eigenvalue weighted by Crippen LogP contribution is 2.20. The lowest BCUT2D eigenvalue weighted by molar-refractivity contribution is -0.157. The van der Waals surface area contributed by atoms with Crippen LogP contribution in [0.4, 0.5) is 13.2 Å². The minimum Gasteiger partial charge on any atom is -0.395 e. The average Bonchev–Trinajstić information content (AvgIpc) is 2.00. The minimum absolute atomic E-state index is 0.310. The van der Waals surface area contributed by atoms with E-state index >= 15 is 0 Å².